The monoisotopic (exact) mass is 311 g/mol. The van der Waals surface area contributed by atoms with Crippen molar-refractivity contribution in [3.8, 4) is 11.3 Å². The molecule has 2 aromatic carbocycles. The van der Waals surface area contributed by atoms with Gasteiger partial charge in [-0.3, -0.25) is 4.79 Å². The molecule has 3 aromatic rings. The zero-order chi connectivity index (χ0) is 13.0. The number of hydrogen-bond acceptors (Lipinski definition) is 1. The fourth-order valence-corrected chi connectivity index (χ4v) is 3.75. The van der Waals surface area contributed by atoms with Crippen molar-refractivity contribution in [1.29, 1.82) is 0 Å². The summed E-state index contributed by atoms with van der Waals surface area (Å²) in [5.41, 5.74) is 4.41. The largest absolute Gasteiger partial charge is 0.321 e. The molecule has 2 nitrogen and oxygen atoms in total. The Labute approximate surface area is 118 Å². The molecule has 92 valence electrons. The van der Waals surface area contributed by atoms with Gasteiger partial charge in [0.1, 0.15) is 0 Å². The highest BCUT2D eigenvalue weighted by atomic mass is 79.9. The quantitative estimate of drug-likeness (QED) is 0.626. The smallest absolute Gasteiger partial charge is 0.256 e. The number of pyridine rings is 1. The van der Waals surface area contributed by atoms with Crippen molar-refractivity contribution >= 4 is 26.7 Å². The van der Waals surface area contributed by atoms with E-state index in [4.69, 9.17) is 0 Å². The van der Waals surface area contributed by atoms with Crippen LogP contribution in [0.2, 0.25) is 0 Å². The lowest BCUT2D eigenvalue weighted by atomic mass is 10.0. The molecule has 0 aliphatic heterocycles. The molecule has 1 atom stereocenters. The molecule has 0 spiro atoms. The van der Waals surface area contributed by atoms with Crippen molar-refractivity contribution < 1.29 is 0 Å². The Hall–Kier alpha value is -1.87. The van der Waals surface area contributed by atoms with Crippen molar-refractivity contribution in [1.82, 2.24) is 4.98 Å². The molecule has 4 rings (SSSR count). The molecule has 19 heavy (non-hydrogen) atoms. The van der Waals surface area contributed by atoms with Gasteiger partial charge in [0.25, 0.3) is 5.56 Å². The highest BCUT2D eigenvalue weighted by Crippen LogP contribution is 2.48. The molecule has 0 radical (unpaired) electrons. The summed E-state index contributed by atoms with van der Waals surface area (Å²) < 4.78 is 0. The van der Waals surface area contributed by atoms with Gasteiger partial charge in [-0.05, 0) is 17.0 Å². The molecule has 1 aliphatic rings. The minimum Gasteiger partial charge on any atom is -0.321 e. The number of hydrogen-bond donors (Lipinski definition) is 1. The second-order valence-electron chi connectivity index (χ2n) is 4.74. The predicted molar refractivity (Wildman–Crippen MR) is 80.8 cm³/mol. The summed E-state index contributed by atoms with van der Waals surface area (Å²) in [6, 6.07) is 15.9. The minimum atomic E-state index is -0.0225. The van der Waals surface area contributed by atoms with Gasteiger partial charge in [0.2, 0.25) is 0 Å². The first-order chi connectivity index (χ1) is 9.27. The van der Waals surface area contributed by atoms with Gasteiger partial charge in [0.05, 0.1) is 10.5 Å². The summed E-state index contributed by atoms with van der Waals surface area (Å²) in [4.78, 5) is 15.4. The molecule has 1 heterocycles. The lowest BCUT2D eigenvalue weighted by Crippen LogP contribution is -2.08. The summed E-state index contributed by atoms with van der Waals surface area (Å²) in [7, 11) is 0. The van der Waals surface area contributed by atoms with Crippen molar-refractivity contribution in [2.75, 3.05) is 0 Å². The van der Waals surface area contributed by atoms with Crippen LogP contribution in [0.1, 0.15) is 16.0 Å². The Balaban J connectivity index is 2.22. The Morgan fingerprint density at radius 3 is 2.47 bits per heavy atom. The number of benzene rings is 2. The third-order valence-corrected chi connectivity index (χ3v) is 4.68. The number of aromatic amines is 1. The Morgan fingerprint density at radius 1 is 0.947 bits per heavy atom. The van der Waals surface area contributed by atoms with Crippen LogP contribution in [0.25, 0.3) is 22.0 Å². The van der Waals surface area contributed by atoms with Gasteiger partial charge in [-0.2, -0.15) is 0 Å². The maximum atomic E-state index is 12.2. The van der Waals surface area contributed by atoms with Gasteiger partial charge < -0.3 is 4.98 Å². The second kappa shape index (κ2) is 3.81. The van der Waals surface area contributed by atoms with E-state index >= 15 is 0 Å². The molecule has 1 N–H and O–H groups in total. The number of alkyl halides is 1. The number of H-pyrrole nitrogens is 1. The number of rotatable bonds is 0. The van der Waals surface area contributed by atoms with Crippen molar-refractivity contribution in [3.63, 3.8) is 0 Å². The summed E-state index contributed by atoms with van der Waals surface area (Å²) in [5.74, 6) is 0. The van der Waals surface area contributed by atoms with Crippen LogP contribution in [0.15, 0.2) is 53.3 Å². The van der Waals surface area contributed by atoms with Crippen LogP contribution in [-0.2, 0) is 0 Å². The lowest BCUT2D eigenvalue weighted by molar-refractivity contribution is 1.22. The summed E-state index contributed by atoms with van der Waals surface area (Å²) in [6.07, 6.45) is 0. The van der Waals surface area contributed by atoms with Crippen LogP contribution >= 0.6 is 15.9 Å². The fraction of sp³-hybridized carbons (Fsp3) is 0.0625. The van der Waals surface area contributed by atoms with Crippen LogP contribution in [0, 0.1) is 0 Å². The molecule has 0 saturated heterocycles. The van der Waals surface area contributed by atoms with E-state index in [1.165, 1.54) is 5.56 Å². The summed E-state index contributed by atoms with van der Waals surface area (Å²) >= 11 is 3.76. The topological polar surface area (TPSA) is 32.9 Å². The van der Waals surface area contributed by atoms with Crippen LogP contribution < -0.4 is 5.56 Å². The summed E-state index contributed by atoms with van der Waals surface area (Å²) in [6.45, 7) is 0. The lowest BCUT2D eigenvalue weighted by Gasteiger charge is -2.08. The van der Waals surface area contributed by atoms with Crippen molar-refractivity contribution in [3.05, 3.63) is 70.0 Å². The van der Waals surface area contributed by atoms with Gasteiger partial charge in [0, 0.05) is 16.5 Å². The van der Waals surface area contributed by atoms with Crippen LogP contribution in [0.3, 0.4) is 0 Å². The standard InChI is InChI=1S/C16H10BrNO/c17-14-10-6-2-3-7-11(10)15-13(14)9-5-1-4-8-12(9)16(19)18-15/h1-8,14H,(H,18,19). The van der Waals surface area contributed by atoms with Gasteiger partial charge in [-0.25, -0.2) is 0 Å². The van der Waals surface area contributed by atoms with E-state index in [2.05, 4.69) is 33.0 Å². The highest BCUT2D eigenvalue weighted by Gasteiger charge is 2.29. The first-order valence-corrected chi connectivity index (χ1v) is 7.07. The maximum Gasteiger partial charge on any atom is 0.256 e. The number of halogens is 1. The molecule has 0 bridgehead atoms. The van der Waals surface area contributed by atoms with Crippen LogP contribution in [0.4, 0.5) is 0 Å². The van der Waals surface area contributed by atoms with Gasteiger partial charge >= 0.3 is 0 Å². The predicted octanol–water partition coefficient (Wildman–Crippen LogP) is 3.99. The first-order valence-electron chi connectivity index (χ1n) is 6.15. The van der Waals surface area contributed by atoms with Gasteiger partial charge in [0.15, 0.2) is 0 Å². The molecule has 1 aromatic heterocycles. The zero-order valence-electron chi connectivity index (χ0n) is 9.98. The van der Waals surface area contributed by atoms with E-state index in [1.807, 2.05) is 36.4 Å². The number of nitrogens with one attached hydrogen (secondary N) is 1. The van der Waals surface area contributed by atoms with E-state index in [-0.39, 0.29) is 10.4 Å². The van der Waals surface area contributed by atoms with Crippen molar-refractivity contribution in [2.24, 2.45) is 0 Å². The van der Waals surface area contributed by atoms with Gasteiger partial charge in [-0.15, -0.1) is 0 Å². The SMILES string of the molecule is O=c1[nH]c2c(c3ccccc13)C(Br)c1ccccc1-2. The zero-order valence-corrected chi connectivity index (χ0v) is 11.6. The fourth-order valence-electron chi connectivity index (χ4n) is 2.88. The second-order valence-corrected chi connectivity index (χ2v) is 5.65. The third kappa shape index (κ3) is 1.39. The van der Waals surface area contributed by atoms with Crippen molar-refractivity contribution in [2.45, 2.75) is 4.83 Å². The summed E-state index contributed by atoms with van der Waals surface area (Å²) in [5, 5.41) is 1.78. The molecular weight excluding hydrogens is 302 g/mol. The van der Waals surface area contributed by atoms with Crippen LogP contribution in [0.5, 0.6) is 0 Å². The molecule has 0 saturated carbocycles. The molecule has 0 amide bonds. The van der Waals surface area contributed by atoms with E-state index in [0.29, 0.717) is 0 Å². The van der Waals surface area contributed by atoms with E-state index in [1.54, 1.807) is 0 Å². The Kier molecular flexibility index (Phi) is 2.21. The van der Waals surface area contributed by atoms with E-state index in [9.17, 15) is 4.79 Å². The Morgan fingerprint density at radius 2 is 1.63 bits per heavy atom. The van der Waals surface area contributed by atoms with Crippen LogP contribution in [-0.4, -0.2) is 4.98 Å². The average molecular weight is 312 g/mol. The number of fused-ring (bicyclic) bond motifs is 5. The molecule has 1 unspecified atom stereocenters. The molecule has 3 heteroatoms. The normalized spacial score (nSPS) is 16.4. The third-order valence-electron chi connectivity index (χ3n) is 3.73. The van der Waals surface area contributed by atoms with Gasteiger partial charge in [-0.1, -0.05) is 58.4 Å². The Bertz CT molecular complexity index is 866. The highest BCUT2D eigenvalue weighted by molar-refractivity contribution is 9.09. The average Bonchev–Trinajstić information content (AvgIpc) is 2.73. The maximum absolute atomic E-state index is 12.2. The van der Waals surface area contributed by atoms with E-state index < -0.39 is 0 Å². The molecule has 1 aliphatic carbocycles. The van der Waals surface area contributed by atoms with E-state index in [0.717, 1.165) is 27.6 Å². The number of aromatic nitrogens is 1. The molecular formula is C16H10BrNO. The minimum absolute atomic E-state index is 0.0225. The molecule has 0 fully saturated rings. The first kappa shape index (κ1) is 11.0.